The summed E-state index contributed by atoms with van der Waals surface area (Å²) in [5, 5.41) is 3.39. The molecule has 1 aliphatic heterocycles. The molecule has 0 saturated heterocycles. The Hall–Kier alpha value is -1.61. The summed E-state index contributed by atoms with van der Waals surface area (Å²) < 4.78 is 2.43. The molecule has 0 fully saturated rings. The molecular formula is C16H21N3. The molecule has 1 aromatic heterocycles. The summed E-state index contributed by atoms with van der Waals surface area (Å²) >= 11 is 0. The smallest absolute Gasteiger partial charge is 0.106 e. The van der Waals surface area contributed by atoms with Gasteiger partial charge in [0.05, 0.1) is 5.69 Å². The minimum absolute atomic E-state index is 0.469. The molecule has 100 valence electrons. The predicted octanol–water partition coefficient (Wildman–Crippen LogP) is 2.64. The van der Waals surface area contributed by atoms with Crippen molar-refractivity contribution in [2.24, 2.45) is 0 Å². The van der Waals surface area contributed by atoms with Gasteiger partial charge in [0.2, 0.25) is 0 Å². The second-order valence-corrected chi connectivity index (χ2v) is 5.39. The molecule has 19 heavy (non-hydrogen) atoms. The Kier molecular flexibility index (Phi) is 3.38. The molecule has 0 amide bonds. The maximum Gasteiger partial charge on any atom is 0.106 e. The van der Waals surface area contributed by atoms with Crippen molar-refractivity contribution < 1.29 is 0 Å². The number of nitrogens with one attached hydrogen (secondary N) is 1. The molecule has 3 heteroatoms. The van der Waals surface area contributed by atoms with E-state index in [0.717, 1.165) is 31.8 Å². The van der Waals surface area contributed by atoms with Crippen LogP contribution in [0.3, 0.4) is 0 Å². The van der Waals surface area contributed by atoms with E-state index in [1.165, 1.54) is 17.0 Å². The molecule has 2 heterocycles. The van der Waals surface area contributed by atoms with Crippen molar-refractivity contribution >= 4 is 0 Å². The first-order valence-corrected chi connectivity index (χ1v) is 7.07. The molecule has 1 aromatic carbocycles. The Bertz CT molecular complexity index is 557. The Balaban J connectivity index is 1.87. The van der Waals surface area contributed by atoms with Crippen LogP contribution in [0.25, 0.3) is 0 Å². The number of fused-ring (bicyclic) bond motifs is 1. The first kappa shape index (κ1) is 12.4. The van der Waals surface area contributed by atoms with Crippen LogP contribution >= 0.6 is 0 Å². The Morgan fingerprint density at radius 2 is 2.11 bits per heavy atom. The molecule has 1 unspecified atom stereocenters. The second-order valence-electron chi connectivity index (χ2n) is 5.39. The van der Waals surface area contributed by atoms with E-state index in [9.17, 15) is 0 Å². The van der Waals surface area contributed by atoms with Crippen LogP contribution in [0.15, 0.2) is 30.3 Å². The summed E-state index contributed by atoms with van der Waals surface area (Å²) in [5.41, 5.74) is 4.06. The van der Waals surface area contributed by atoms with E-state index < -0.39 is 0 Å². The quantitative estimate of drug-likeness (QED) is 0.913. The van der Waals surface area contributed by atoms with Crippen LogP contribution in [-0.4, -0.2) is 16.1 Å². The van der Waals surface area contributed by atoms with Crippen LogP contribution in [0.1, 0.15) is 35.7 Å². The molecule has 2 aromatic rings. The fraction of sp³-hybridized carbons (Fsp3) is 0.438. The van der Waals surface area contributed by atoms with Crippen LogP contribution in [0.4, 0.5) is 0 Å². The van der Waals surface area contributed by atoms with Crippen LogP contribution in [0, 0.1) is 6.92 Å². The average molecular weight is 255 g/mol. The number of aryl methyl sites for hydroxylation is 1. The van der Waals surface area contributed by atoms with E-state index in [0.29, 0.717) is 6.04 Å². The molecule has 1 N–H and O–H groups in total. The molecular weight excluding hydrogens is 234 g/mol. The molecule has 0 spiro atoms. The summed E-state index contributed by atoms with van der Waals surface area (Å²) in [7, 11) is 0. The van der Waals surface area contributed by atoms with Gasteiger partial charge in [-0.15, -0.1) is 0 Å². The Labute approximate surface area is 114 Å². The van der Waals surface area contributed by atoms with E-state index in [1.54, 1.807) is 0 Å². The zero-order chi connectivity index (χ0) is 13.2. The lowest BCUT2D eigenvalue weighted by atomic mass is 10.1. The van der Waals surface area contributed by atoms with E-state index in [4.69, 9.17) is 4.98 Å². The molecule has 0 aliphatic carbocycles. The highest BCUT2D eigenvalue weighted by atomic mass is 15.1. The Morgan fingerprint density at radius 3 is 2.89 bits per heavy atom. The normalized spacial score (nSPS) is 16.1. The number of hydrogen-bond acceptors (Lipinski definition) is 2. The maximum absolute atomic E-state index is 4.71. The summed E-state index contributed by atoms with van der Waals surface area (Å²) in [6, 6.07) is 11.2. The molecule has 3 nitrogen and oxygen atoms in total. The van der Waals surface area contributed by atoms with Gasteiger partial charge in [-0.25, -0.2) is 4.98 Å². The van der Waals surface area contributed by atoms with Crippen molar-refractivity contribution in [3.05, 3.63) is 53.1 Å². The van der Waals surface area contributed by atoms with Crippen LogP contribution in [0.5, 0.6) is 0 Å². The van der Waals surface area contributed by atoms with Gasteiger partial charge in [0, 0.05) is 31.2 Å². The molecule has 0 saturated carbocycles. The number of hydrogen-bond donors (Lipinski definition) is 1. The monoisotopic (exact) mass is 255 g/mol. The first-order valence-electron chi connectivity index (χ1n) is 7.07. The molecule has 0 bridgehead atoms. The number of nitrogens with zero attached hydrogens (tertiary/aromatic N) is 2. The third-order valence-electron chi connectivity index (χ3n) is 3.92. The van der Waals surface area contributed by atoms with Crippen LogP contribution in [0.2, 0.25) is 0 Å². The summed E-state index contributed by atoms with van der Waals surface area (Å²) in [5.74, 6) is 1.15. The third-order valence-corrected chi connectivity index (χ3v) is 3.92. The van der Waals surface area contributed by atoms with Gasteiger partial charge in [0.1, 0.15) is 5.82 Å². The van der Waals surface area contributed by atoms with Gasteiger partial charge in [-0.2, -0.15) is 0 Å². The lowest BCUT2D eigenvalue weighted by Gasteiger charge is -2.21. The van der Waals surface area contributed by atoms with E-state index in [-0.39, 0.29) is 0 Å². The number of imidazole rings is 1. The van der Waals surface area contributed by atoms with Crippen molar-refractivity contribution in [1.82, 2.24) is 14.9 Å². The van der Waals surface area contributed by atoms with E-state index >= 15 is 0 Å². The summed E-state index contributed by atoms with van der Waals surface area (Å²) in [6.07, 6.45) is 2.16. The first-order chi connectivity index (χ1) is 9.25. The van der Waals surface area contributed by atoms with Crippen molar-refractivity contribution in [1.29, 1.82) is 0 Å². The second kappa shape index (κ2) is 5.17. The minimum Gasteiger partial charge on any atom is -0.329 e. The molecule has 0 radical (unpaired) electrons. The largest absolute Gasteiger partial charge is 0.329 e. The molecule has 1 atom stereocenters. The highest BCUT2D eigenvalue weighted by Gasteiger charge is 2.20. The van der Waals surface area contributed by atoms with Gasteiger partial charge in [0.15, 0.2) is 0 Å². The lowest BCUT2D eigenvalue weighted by molar-refractivity contribution is 0.498. The molecule has 3 rings (SSSR count). The van der Waals surface area contributed by atoms with Gasteiger partial charge in [-0.3, -0.25) is 0 Å². The van der Waals surface area contributed by atoms with Gasteiger partial charge in [-0.1, -0.05) is 30.3 Å². The standard InChI is InChI=1S/C16H21N3/c1-12(10-14-6-4-3-5-7-14)19-13(2)18-15-11-17-9-8-16(15)19/h3-7,12,17H,8-11H2,1-2H3. The van der Waals surface area contributed by atoms with Gasteiger partial charge in [-0.05, 0) is 25.8 Å². The lowest BCUT2D eigenvalue weighted by Crippen LogP contribution is -2.26. The third kappa shape index (κ3) is 2.43. The number of benzene rings is 1. The van der Waals surface area contributed by atoms with Crippen LogP contribution in [-0.2, 0) is 19.4 Å². The molecule has 1 aliphatic rings. The van der Waals surface area contributed by atoms with Crippen molar-refractivity contribution in [2.45, 2.75) is 39.3 Å². The fourth-order valence-electron chi connectivity index (χ4n) is 3.10. The maximum atomic E-state index is 4.71. The average Bonchev–Trinajstić information content (AvgIpc) is 2.75. The van der Waals surface area contributed by atoms with Crippen molar-refractivity contribution in [3.63, 3.8) is 0 Å². The number of aromatic nitrogens is 2. The summed E-state index contributed by atoms with van der Waals surface area (Å²) in [6.45, 7) is 6.40. The highest BCUT2D eigenvalue weighted by molar-refractivity contribution is 5.22. The minimum atomic E-state index is 0.469. The predicted molar refractivity (Wildman–Crippen MR) is 77.2 cm³/mol. The van der Waals surface area contributed by atoms with Gasteiger partial charge in [0.25, 0.3) is 0 Å². The van der Waals surface area contributed by atoms with Crippen molar-refractivity contribution in [3.8, 4) is 0 Å². The van der Waals surface area contributed by atoms with E-state index in [1.807, 2.05) is 0 Å². The summed E-state index contributed by atoms with van der Waals surface area (Å²) in [4.78, 5) is 4.71. The van der Waals surface area contributed by atoms with Crippen molar-refractivity contribution in [2.75, 3.05) is 6.54 Å². The van der Waals surface area contributed by atoms with Crippen LogP contribution < -0.4 is 5.32 Å². The van der Waals surface area contributed by atoms with Gasteiger partial charge < -0.3 is 9.88 Å². The SMILES string of the molecule is Cc1nc2c(n1C(C)Cc1ccccc1)CCNC2. The topological polar surface area (TPSA) is 29.9 Å². The van der Waals surface area contributed by atoms with E-state index in [2.05, 4.69) is 54.1 Å². The highest BCUT2D eigenvalue weighted by Crippen LogP contribution is 2.23. The number of rotatable bonds is 3. The zero-order valence-corrected chi connectivity index (χ0v) is 11.7. The fourth-order valence-corrected chi connectivity index (χ4v) is 3.10. The zero-order valence-electron chi connectivity index (χ0n) is 11.7. The van der Waals surface area contributed by atoms with Gasteiger partial charge >= 0.3 is 0 Å². The Morgan fingerprint density at radius 1 is 1.32 bits per heavy atom.